The number of hydrogen-bond acceptors (Lipinski definition) is 7. The van der Waals surface area contributed by atoms with Crippen LogP contribution < -0.4 is 11.1 Å². The third-order valence-electron chi connectivity index (χ3n) is 3.94. The predicted molar refractivity (Wildman–Crippen MR) is 99.5 cm³/mol. The number of aliphatic hydroxyl groups is 1. The molecule has 0 bridgehead atoms. The summed E-state index contributed by atoms with van der Waals surface area (Å²) < 4.78 is 5.98. The number of hydrogen-bond donors (Lipinski definition) is 3. The monoisotopic (exact) mass is 350 g/mol. The van der Waals surface area contributed by atoms with Gasteiger partial charge in [0.25, 0.3) is 0 Å². The minimum atomic E-state index is -0.0584. The van der Waals surface area contributed by atoms with Gasteiger partial charge in [0, 0.05) is 22.7 Å². The van der Waals surface area contributed by atoms with E-state index in [0.29, 0.717) is 39.8 Å². The summed E-state index contributed by atoms with van der Waals surface area (Å²) in [7, 11) is 0. The van der Waals surface area contributed by atoms with Gasteiger partial charge in [-0.2, -0.15) is 5.26 Å². The lowest BCUT2D eigenvalue weighted by molar-refractivity contribution is 0.311. The molecule has 0 spiro atoms. The van der Waals surface area contributed by atoms with E-state index in [-0.39, 0.29) is 6.61 Å². The molecule has 0 aliphatic rings. The first-order chi connectivity index (χ1) is 12.2. The molecule has 124 valence electrons. The van der Waals surface area contributed by atoms with E-state index in [1.165, 1.54) is 11.3 Å². The van der Waals surface area contributed by atoms with Crippen LogP contribution in [-0.2, 0) is 0 Å². The number of aliphatic hydroxyl groups excluding tert-OH is 1. The van der Waals surface area contributed by atoms with Crippen molar-refractivity contribution in [1.82, 2.24) is 4.98 Å². The SMILES string of the molecule is N#Cc1c(NCCO)nc2scc(N)c2c1-c1cc2ccccc2o1. The molecule has 0 atom stereocenters. The van der Waals surface area contributed by atoms with Crippen molar-refractivity contribution in [3.8, 4) is 17.4 Å². The Balaban J connectivity index is 2.06. The van der Waals surface area contributed by atoms with Crippen LogP contribution in [0.1, 0.15) is 5.56 Å². The molecule has 7 heteroatoms. The van der Waals surface area contributed by atoms with Gasteiger partial charge >= 0.3 is 0 Å². The van der Waals surface area contributed by atoms with Crippen molar-refractivity contribution >= 4 is 44.0 Å². The fourth-order valence-electron chi connectivity index (χ4n) is 2.86. The summed E-state index contributed by atoms with van der Waals surface area (Å²) in [5, 5.41) is 25.3. The number of aromatic nitrogens is 1. The summed E-state index contributed by atoms with van der Waals surface area (Å²) in [5.74, 6) is 0.989. The van der Waals surface area contributed by atoms with Gasteiger partial charge in [-0.25, -0.2) is 4.98 Å². The van der Waals surface area contributed by atoms with Crippen LogP contribution in [0.4, 0.5) is 11.5 Å². The van der Waals surface area contributed by atoms with Gasteiger partial charge < -0.3 is 20.6 Å². The molecule has 4 rings (SSSR count). The van der Waals surface area contributed by atoms with Crippen molar-refractivity contribution in [1.29, 1.82) is 5.26 Å². The van der Waals surface area contributed by atoms with Crippen LogP contribution >= 0.6 is 11.3 Å². The van der Waals surface area contributed by atoms with Gasteiger partial charge in [0.1, 0.15) is 33.6 Å². The highest BCUT2D eigenvalue weighted by Crippen LogP contribution is 2.42. The largest absolute Gasteiger partial charge is 0.456 e. The molecule has 25 heavy (non-hydrogen) atoms. The molecule has 0 aliphatic heterocycles. The van der Waals surface area contributed by atoms with E-state index < -0.39 is 0 Å². The highest BCUT2D eigenvalue weighted by Gasteiger charge is 2.22. The van der Waals surface area contributed by atoms with Crippen LogP contribution in [0.2, 0.25) is 0 Å². The van der Waals surface area contributed by atoms with Crippen LogP contribution in [0.5, 0.6) is 0 Å². The zero-order valence-electron chi connectivity index (χ0n) is 13.1. The summed E-state index contributed by atoms with van der Waals surface area (Å²) >= 11 is 1.41. The average Bonchev–Trinajstić information content (AvgIpc) is 3.22. The maximum Gasteiger partial charge on any atom is 0.146 e. The zero-order chi connectivity index (χ0) is 17.4. The molecule has 0 radical (unpaired) electrons. The number of nitrogens with two attached hydrogens (primary N) is 1. The molecule has 0 unspecified atom stereocenters. The summed E-state index contributed by atoms with van der Waals surface area (Å²) in [4.78, 5) is 5.21. The second-order valence-corrected chi connectivity index (χ2v) is 6.35. The number of anilines is 2. The first kappa shape index (κ1) is 15.4. The number of pyridine rings is 1. The van der Waals surface area contributed by atoms with Gasteiger partial charge in [-0.1, -0.05) is 18.2 Å². The molecule has 0 aliphatic carbocycles. The predicted octanol–water partition coefficient (Wildman–Crippen LogP) is 3.57. The molecule has 3 aromatic heterocycles. The van der Waals surface area contributed by atoms with Crippen LogP contribution in [0.15, 0.2) is 40.1 Å². The molecule has 0 fully saturated rings. The molecular formula is C18H14N4O2S. The van der Waals surface area contributed by atoms with Crippen LogP contribution in [0.3, 0.4) is 0 Å². The summed E-state index contributed by atoms with van der Waals surface area (Å²) in [6, 6.07) is 11.8. The van der Waals surface area contributed by atoms with Gasteiger partial charge in [-0.05, 0) is 12.1 Å². The molecule has 6 nitrogen and oxygen atoms in total. The van der Waals surface area contributed by atoms with Gasteiger partial charge in [0.05, 0.1) is 17.9 Å². The molecule has 0 saturated carbocycles. The Bertz CT molecular complexity index is 1090. The van der Waals surface area contributed by atoms with Crippen LogP contribution in [-0.4, -0.2) is 23.2 Å². The summed E-state index contributed by atoms with van der Waals surface area (Å²) in [6.07, 6.45) is 0. The lowest BCUT2D eigenvalue weighted by atomic mass is 10.0. The number of benzene rings is 1. The third kappa shape index (κ3) is 2.48. The van der Waals surface area contributed by atoms with Crippen molar-refractivity contribution in [2.45, 2.75) is 0 Å². The zero-order valence-corrected chi connectivity index (χ0v) is 13.9. The Morgan fingerprint density at radius 1 is 1.36 bits per heavy atom. The Morgan fingerprint density at radius 3 is 2.96 bits per heavy atom. The minimum Gasteiger partial charge on any atom is -0.456 e. The number of fused-ring (bicyclic) bond motifs is 2. The molecule has 0 amide bonds. The number of nitrogens with one attached hydrogen (secondary N) is 1. The van der Waals surface area contributed by atoms with E-state index in [1.807, 2.05) is 30.3 Å². The summed E-state index contributed by atoms with van der Waals surface area (Å²) in [5.41, 5.74) is 8.42. The van der Waals surface area contributed by atoms with Crippen molar-refractivity contribution in [2.24, 2.45) is 0 Å². The Labute approximate surface area is 147 Å². The standard InChI is InChI=1S/C18H14N4O2S/c19-8-11-15(14-7-10-3-1-2-4-13(10)24-14)16-12(20)9-25-18(16)22-17(11)21-5-6-23/h1-4,7,9,23H,5-6,20H2,(H,21,22). The number of nitriles is 1. The van der Waals surface area contributed by atoms with E-state index in [2.05, 4.69) is 16.4 Å². The average molecular weight is 350 g/mol. The topological polar surface area (TPSA) is 108 Å². The summed E-state index contributed by atoms with van der Waals surface area (Å²) in [6.45, 7) is 0.241. The van der Waals surface area contributed by atoms with E-state index in [0.717, 1.165) is 16.4 Å². The first-order valence-corrected chi connectivity index (χ1v) is 8.55. The maximum absolute atomic E-state index is 9.75. The van der Waals surface area contributed by atoms with Crippen molar-refractivity contribution in [2.75, 3.05) is 24.2 Å². The lowest BCUT2D eigenvalue weighted by Gasteiger charge is -2.10. The molecule has 1 aromatic carbocycles. The van der Waals surface area contributed by atoms with Gasteiger partial charge in [0.2, 0.25) is 0 Å². The fraction of sp³-hybridized carbons (Fsp3) is 0.111. The number of nitrogen functional groups attached to an aromatic ring is 1. The number of rotatable bonds is 4. The highest BCUT2D eigenvalue weighted by atomic mass is 32.1. The minimum absolute atomic E-state index is 0.0584. The quantitative estimate of drug-likeness (QED) is 0.519. The number of thiophene rings is 1. The maximum atomic E-state index is 9.75. The molecule has 0 saturated heterocycles. The molecule has 3 heterocycles. The van der Waals surface area contributed by atoms with Gasteiger partial charge in [0.15, 0.2) is 0 Å². The number of furan rings is 1. The normalized spacial score (nSPS) is 11.0. The second kappa shape index (κ2) is 6.09. The number of nitrogens with zero attached hydrogens (tertiary/aromatic N) is 2. The van der Waals surface area contributed by atoms with Crippen LogP contribution in [0.25, 0.3) is 32.5 Å². The second-order valence-electron chi connectivity index (χ2n) is 5.49. The van der Waals surface area contributed by atoms with Gasteiger partial charge in [-0.15, -0.1) is 11.3 Å². The highest BCUT2D eigenvalue weighted by molar-refractivity contribution is 7.17. The molecule has 4 N–H and O–H groups in total. The molecular weight excluding hydrogens is 336 g/mol. The third-order valence-corrected chi connectivity index (χ3v) is 4.83. The number of para-hydroxylation sites is 1. The Hall–Kier alpha value is -3.08. The van der Waals surface area contributed by atoms with E-state index in [9.17, 15) is 5.26 Å². The van der Waals surface area contributed by atoms with Crippen molar-refractivity contribution in [3.05, 3.63) is 41.3 Å². The lowest BCUT2D eigenvalue weighted by Crippen LogP contribution is -2.09. The van der Waals surface area contributed by atoms with Crippen molar-refractivity contribution < 1.29 is 9.52 Å². The Morgan fingerprint density at radius 2 is 2.20 bits per heavy atom. The van der Waals surface area contributed by atoms with Crippen LogP contribution in [0, 0.1) is 11.3 Å². The van der Waals surface area contributed by atoms with E-state index in [1.54, 1.807) is 5.38 Å². The Kier molecular flexibility index (Phi) is 3.76. The first-order valence-electron chi connectivity index (χ1n) is 7.67. The smallest absolute Gasteiger partial charge is 0.146 e. The molecule has 4 aromatic rings. The fourth-order valence-corrected chi connectivity index (χ4v) is 3.70. The van der Waals surface area contributed by atoms with Gasteiger partial charge in [-0.3, -0.25) is 0 Å². The van der Waals surface area contributed by atoms with E-state index >= 15 is 0 Å². The van der Waals surface area contributed by atoms with E-state index in [4.69, 9.17) is 15.3 Å². The van der Waals surface area contributed by atoms with Crippen molar-refractivity contribution in [3.63, 3.8) is 0 Å².